The van der Waals surface area contributed by atoms with Crippen LogP contribution in [0.5, 0.6) is 0 Å². The number of rotatable bonds is 4. The summed E-state index contributed by atoms with van der Waals surface area (Å²) in [6.07, 6.45) is 6.25. The van der Waals surface area contributed by atoms with Gasteiger partial charge in [-0.05, 0) is 32.6 Å². The Morgan fingerprint density at radius 3 is 2.67 bits per heavy atom. The van der Waals surface area contributed by atoms with Gasteiger partial charge in [-0.3, -0.25) is 9.59 Å². The van der Waals surface area contributed by atoms with Gasteiger partial charge in [-0.1, -0.05) is 0 Å². The highest BCUT2D eigenvalue weighted by molar-refractivity contribution is 5.89. The Morgan fingerprint density at radius 2 is 2.00 bits per heavy atom. The number of aryl methyl sites for hydroxylation is 1. The lowest BCUT2D eigenvalue weighted by Crippen LogP contribution is -2.42. The molecule has 2 saturated heterocycles. The standard InChI is InChI=1S/C17H25N5O2/c1-2-20-11-18-19-16(20)12-5-7-21(8-6-12)17(24)13-9-15(23)22(10-13)14-3-4-14/h11-14H,2-10H2,1H3/t13-/m0/s1. The summed E-state index contributed by atoms with van der Waals surface area (Å²) in [5.74, 6) is 1.63. The molecule has 1 aromatic rings. The number of hydrogen-bond acceptors (Lipinski definition) is 4. The van der Waals surface area contributed by atoms with Crippen molar-refractivity contribution in [2.45, 2.75) is 57.5 Å². The Balaban J connectivity index is 1.34. The van der Waals surface area contributed by atoms with Gasteiger partial charge < -0.3 is 14.4 Å². The number of amides is 2. The van der Waals surface area contributed by atoms with Gasteiger partial charge >= 0.3 is 0 Å². The summed E-state index contributed by atoms with van der Waals surface area (Å²) in [6, 6.07) is 0.418. The van der Waals surface area contributed by atoms with Gasteiger partial charge in [0.2, 0.25) is 11.8 Å². The predicted molar refractivity (Wildman–Crippen MR) is 87.1 cm³/mol. The van der Waals surface area contributed by atoms with E-state index in [1.807, 2.05) is 9.80 Å². The van der Waals surface area contributed by atoms with E-state index in [-0.39, 0.29) is 17.7 Å². The van der Waals surface area contributed by atoms with Gasteiger partial charge in [0.05, 0.1) is 5.92 Å². The van der Waals surface area contributed by atoms with E-state index in [2.05, 4.69) is 21.7 Å². The molecular weight excluding hydrogens is 306 g/mol. The first-order valence-electron chi connectivity index (χ1n) is 9.13. The number of piperidine rings is 1. The van der Waals surface area contributed by atoms with E-state index in [1.165, 1.54) is 0 Å². The molecule has 0 N–H and O–H groups in total. The van der Waals surface area contributed by atoms with Gasteiger partial charge in [-0.15, -0.1) is 10.2 Å². The highest BCUT2D eigenvalue weighted by Gasteiger charge is 2.43. The molecule has 3 fully saturated rings. The van der Waals surface area contributed by atoms with Crippen molar-refractivity contribution in [2.24, 2.45) is 5.92 Å². The first-order valence-corrected chi connectivity index (χ1v) is 9.13. The van der Waals surface area contributed by atoms with Crippen LogP contribution in [0.2, 0.25) is 0 Å². The summed E-state index contributed by atoms with van der Waals surface area (Å²) < 4.78 is 2.09. The van der Waals surface area contributed by atoms with E-state index in [1.54, 1.807) is 6.33 Å². The van der Waals surface area contributed by atoms with Crippen molar-refractivity contribution >= 4 is 11.8 Å². The maximum absolute atomic E-state index is 12.8. The number of carbonyl (C=O) groups excluding carboxylic acids is 2. The SMILES string of the molecule is CCn1cnnc1C1CCN(C(=O)[C@H]2CC(=O)N(C3CC3)C2)CC1. The average molecular weight is 331 g/mol. The lowest BCUT2D eigenvalue weighted by molar-refractivity contribution is -0.136. The monoisotopic (exact) mass is 331 g/mol. The van der Waals surface area contributed by atoms with E-state index >= 15 is 0 Å². The van der Waals surface area contributed by atoms with Crippen molar-refractivity contribution in [1.29, 1.82) is 0 Å². The van der Waals surface area contributed by atoms with Crippen LogP contribution in [0.3, 0.4) is 0 Å². The molecule has 0 bridgehead atoms. The fourth-order valence-electron chi connectivity index (χ4n) is 4.08. The first-order chi connectivity index (χ1) is 11.7. The molecule has 130 valence electrons. The molecule has 1 aromatic heterocycles. The van der Waals surface area contributed by atoms with Crippen LogP contribution in [0.1, 0.15) is 50.8 Å². The number of carbonyl (C=O) groups is 2. The van der Waals surface area contributed by atoms with E-state index in [0.29, 0.717) is 24.9 Å². The summed E-state index contributed by atoms with van der Waals surface area (Å²) in [6.45, 7) is 5.12. The minimum atomic E-state index is -0.131. The minimum Gasteiger partial charge on any atom is -0.342 e. The summed E-state index contributed by atoms with van der Waals surface area (Å²) in [5.41, 5.74) is 0. The molecule has 3 aliphatic rings. The molecule has 2 amide bonds. The smallest absolute Gasteiger partial charge is 0.227 e. The molecule has 2 aliphatic heterocycles. The minimum absolute atomic E-state index is 0.131. The predicted octanol–water partition coefficient (Wildman–Crippen LogP) is 1.01. The summed E-state index contributed by atoms with van der Waals surface area (Å²) in [4.78, 5) is 28.7. The molecule has 3 heterocycles. The molecule has 1 aliphatic carbocycles. The van der Waals surface area contributed by atoms with Gasteiger partial charge in [0.15, 0.2) is 0 Å². The summed E-state index contributed by atoms with van der Waals surface area (Å²) in [5, 5.41) is 8.28. The molecule has 24 heavy (non-hydrogen) atoms. The Labute approximate surface area is 142 Å². The fraction of sp³-hybridized carbons (Fsp3) is 0.765. The van der Waals surface area contributed by atoms with E-state index in [0.717, 1.165) is 51.1 Å². The fourth-order valence-corrected chi connectivity index (χ4v) is 4.08. The zero-order valence-corrected chi connectivity index (χ0v) is 14.2. The highest BCUT2D eigenvalue weighted by Crippen LogP contribution is 2.34. The second-order valence-corrected chi connectivity index (χ2v) is 7.25. The zero-order chi connectivity index (χ0) is 16.7. The topological polar surface area (TPSA) is 71.3 Å². The maximum Gasteiger partial charge on any atom is 0.227 e. The quantitative estimate of drug-likeness (QED) is 0.826. The van der Waals surface area contributed by atoms with Gasteiger partial charge in [-0.2, -0.15) is 0 Å². The lowest BCUT2D eigenvalue weighted by atomic mass is 9.94. The van der Waals surface area contributed by atoms with Crippen molar-refractivity contribution in [3.05, 3.63) is 12.2 Å². The van der Waals surface area contributed by atoms with E-state index in [4.69, 9.17) is 0 Å². The molecule has 7 heteroatoms. The third kappa shape index (κ3) is 2.80. The molecule has 0 aromatic carbocycles. The molecule has 1 saturated carbocycles. The van der Waals surface area contributed by atoms with E-state index in [9.17, 15) is 9.59 Å². The highest BCUT2D eigenvalue weighted by atomic mass is 16.2. The van der Waals surface area contributed by atoms with Crippen LogP contribution in [0.4, 0.5) is 0 Å². The van der Waals surface area contributed by atoms with Gasteiger partial charge in [0, 0.05) is 44.6 Å². The van der Waals surface area contributed by atoms with Crippen LogP contribution in [-0.2, 0) is 16.1 Å². The third-order valence-electron chi connectivity index (χ3n) is 5.65. The molecule has 0 unspecified atom stereocenters. The van der Waals surface area contributed by atoms with Crippen molar-refractivity contribution in [3.8, 4) is 0 Å². The largest absolute Gasteiger partial charge is 0.342 e. The Kier molecular flexibility index (Phi) is 4.02. The van der Waals surface area contributed by atoms with Gasteiger partial charge in [0.1, 0.15) is 12.2 Å². The van der Waals surface area contributed by atoms with Crippen LogP contribution in [0.15, 0.2) is 6.33 Å². The second kappa shape index (κ2) is 6.18. The molecule has 1 atom stereocenters. The Hall–Kier alpha value is -1.92. The third-order valence-corrected chi connectivity index (χ3v) is 5.65. The van der Waals surface area contributed by atoms with Crippen molar-refractivity contribution in [3.63, 3.8) is 0 Å². The van der Waals surface area contributed by atoms with Crippen LogP contribution in [0, 0.1) is 5.92 Å². The number of aromatic nitrogens is 3. The van der Waals surface area contributed by atoms with Crippen LogP contribution in [0.25, 0.3) is 0 Å². The summed E-state index contributed by atoms with van der Waals surface area (Å²) in [7, 11) is 0. The molecule has 7 nitrogen and oxygen atoms in total. The normalized spacial score (nSPS) is 25.5. The second-order valence-electron chi connectivity index (χ2n) is 7.25. The van der Waals surface area contributed by atoms with Crippen molar-refractivity contribution < 1.29 is 9.59 Å². The number of nitrogens with zero attached hydrogens (tertiary/aromatic N) is 5. The number of likely N-dealkylation sites (tertiary alicyclic amines) is 2. The van der Waals surface area contributed by atoms with Gasteiger partial charge in [-0.25, -0.2) is 0 Å². The number of hydrogen-bond donors (Lipinski definition) is 0. The summed E-state index contributed by atoms with van der Waals surface area (Å²) >= 11 is 0. The van der Waals surface area contributed by atoms with Crippen molar-refractivity contribution in [1.82, 2.24) is 24.6 Å². The Morgan fingerprint density at radius 1 is 1.25 bits per heavy atom. The molecule has 0 spiro atoms. The maximum atomic E-state index is 12.8. The zero-order valence-electron chi connectivity index (χ0n) is 14.2. The van der Waals surface area contributed by atoms with Crippen LogP contribution in [-0.4, -0.2) is 62.1 Å². The van der Waals surface area contributed by atoms with E-state index < -0.39 is 0 Å². The average Bonchev–Trinajstić information content (AvgIpc) is 3.20. The van der Waals surface area contributed by atoms with Crippen LogP contribution < -0.4 is 0 Å². The molecular formula is C17H25N5O2. The van der Waals surface area contributed by atoms with Gasteiger partial charge in [0.25, 0.3) is 0 Å². The molecule has 4 rings (SSSR count). The van der Waals surface area contributed by atoms with Crippen molar-refractivity contribution in [2.75, 3.05) is 19.6 Å². The Bertz CT molecular complexity index is 631. The lowest BCUT2D eigenvalue weighted by Gasteiger charge is -2.33. The van der Waals surface area contributed by atoms with Crippen LogP contribution >= 0.6 is 0 Å². The first kappa shape index (κ1) is 15.6. The molecule has 0 radical (unpaired) electrons.